The van der Waals surface area contributed by atoms with Gasteiger partial charge in [-0.05, 0) is 55.5 Å². The summed E-state index contributed by atoms with van der Waals surface area (Å²) in [6.07, 6.45) is 0. The Kier molecular flexibility index (Phi) is 6.57. The van der Waals surface area contributed by atoms with Crippen LogP contribution in [0.25, 0.3) is 0 Å². The zero-order valence-electron chi connectivity index (χ0n) is 16.1. The predicted octanol–water partition coefficient (Wildman–Crippen LogP) is 3.49. The Labute approximate surface area is 167 Å². The quantitative estimate of drug-likeness (QED) is 0.567. The number of hydrogen-bond acceptors (Lipinski definition) is 6. The topological polar surface area (TPSA) is 85.4 Å². The van der Waals surface area contributed by atoms with Crippen LogP contribution in [0.4, 0.5) is 16.0 Å². The summed E-state index contributed by atoms with van der Waals surface area (Å²) in [6, 6.07) is 14.7. The van der Waals surface area contributed by atoms with Gasteiger partial charge < -0.3 is 20.1 Å². The lowest BCUT2D eigenvalue weighted by Gasteiger charge is -2.10. The first kappa shape index (κ1) is 20.1. The van der Waals surface area contributed by atoms with Gasteiger partial charge in [0, 0.05) is 11.4 Å². The molecule has 0 spiro atoms. The maximum absolute atomic E-state index is 13.3. The number of aryl methyl sites for hydroxylation is 1. The second-order valence-electron chi connectivity index (χ2n) is 6.13. The number of halogens is 1. The maximum Gasteiger partial charge on any atom is 0.270 e. The van der Waals surface area contributed by atoms with E-state index in [2.05, 4.69) is 20.6 Å². The van der Waals surface area contributed by atoms with E-state index < -0.39 is 0 Å². The van der Waals surface area contributed by atoms with Gasteiger partial charge in [0.25, 0.3) is 5.91 Å². The minimum atomic E-state index is -0.377. The third kappa shape index (κ3) is 5.90. The zero-order chi connectivity index (χ0) is 20.6. The SMILES string of the molecule is COc1ccc(OCCNC(=O)c2cc(C)nc(Nc3cccc(F)c3)n2)cc1. The maximum atomic E-state index is 13.3. The van der Waals surface area contributed by atoms with Crippen LogP contribution in [0.2, 0.25) is 0 Å². The van der Waals surface area contributed by atoms with E-state index in [4.69, 9.17) is 9.47 Å². The van der Waals surface area contributed by atoms with Gasteiger partial charge in [0.2, 0.25) is 5.95 Å². The van der Waals surface area contributed by atoms with Crippen LogP contribution < -0.4 is 20.1 Å². The molecule has 3 aromatic rings. The van der Waals surface area contributed by atoms with Crippen LogP contribution in [-0.4, -0.2) is 36.1 Å². The molecule has 0 aliphatic heterocycles. The van der Waals surface area contributed by atoms with Gasteiger partial charge in [-0.25, -0.2) is 14.4 Å². The zero-order valence-corrected chi connectivity index (χ0v) is 16.1. The minimum Gasteiger partial charge on any atom is -0.497 e. The number of anilines is 2. The molecule has 1 heterocycles. The molecule has 0 saturated carbocycles. The van der Waals surface area contributed by atoms with Gasteiger partial charge in [-0.15, -0.1) is 0 Å². The Morgan fingerprint density at radius 2 is 1.83 bits per heavy atom. The van der Waals surface area contributed by atoms with E-state index in [0.717, 1.165) is 5.75 Å². The highest BCUT2D eigenvalue weighted by atomic mass is 19.1. The first-order chi connectivity index (χ1) is 14.0. The molecular formula is C21H21FN4O3. The van der Waals surface area contributed by atoms with Crippen LogP contribution >= 0.6 is 0 Å². The van der Waals surface area contributed by atoms with Gasteiger partial charge in [-0.1, -0.05) is 6.07 Å². The first-order valence-corrected chi connectivity index (χ1v) is 8.97. The number of benzene rings is 2. The summed E-state index contributed by atoms with van der Waals surface area (Å²) < 4.78 is 24.0. The van der Waals surface area contributed by atoms with Crippen LogP contribution in [0, 0.1) is 12.7 Å². The van der Waals surface area contributed by atoms with E-state index in [0.29, 0.717) is 30.3 Å². The molecule has 29 heavy (non-hydrogen) atoms. The highest BCUT2D eigenvalue weighted by Gasteiger charge is 2.11. The fraction of sp³-hybridized carbons (Fsp3) is 0.190. The lowest BCUT2D eigenvalue weighted by molar-refractivity contribution is 0.0942. The average Bonchev–Trinajstić information content (AvgIpc) is 2.71. The molecule has 3 rings (SSSR count). The predicted molar refractivity (Wildman–Crippen MR) is 107 cm³/mol. The number of rotatable bonds is 8. The molecule has 0 bridgehead atoms. The van der Waals surface area contributed by atoms with Crippen molar-refractivity contribution in [3.63, 3.8) is 0 Å². The second kappa shape index (κ2) is 9.50. The molecule has 1 aromatic heterocycles. The molecule has 150 valence electrons. The lowest BCUT2D eigenvalue weighted by atomic mass is 10.3. The minimum absolute atomic E-state index is 0.209. The third-order valence-electron chi connectivity index (χ3n) is 3.88. The van der Waals surface area contributed by atoms with Crippen molar-refractivity contribution in [1.82, 2.24) is 15.3 Å². The Morgan fingerprint density at radius 3 is 2.55 bits per heavy atom. The van der Waals surface area contributed by atoms with Crippen LogP contribution in [0.5, 0.6) is 11.5 Å². The van der Waals surface area contributed by atoms with E-state index in [-0.39, 0.29) is 23.4 Å². The van der Waals surface area contributed by atoms with Crippen LogP contribution in [0.15, 0.2) is 54.6 Å². The average molecular weight is 396 g/mol. The highest BCUT2D eigenvalue weighted by molar-refractivity contribution is 5.92. The van der Waals surface area contributed by atoms with Crippen LogP contribution in [0.3, 0.4) is 0 Å². The van der Waals surface area contributed by atoms with Gasteiger partial charge in [0.15, 0.2) is 0 Å². The molecule has 2 aromatic carbocycles. The number of aromatic nitrogens is 2. The second-order valence-corrected chi connectivity index (χ2v) is 6.13. The van der Waals surface area contributed by atoms with E-state index in [1.54, 1.807) is 56.5 Å². The Balaban J connectivity index is 1.55. The van der Waals surface area contributed by atoms with Crippen molar-refractivity contribution in [2.24, 2.45) is 0 Å². The lowest BCUT2D eigenvalue weighted by Crippen LogP contribution is -2.29. The summed E-state index contributed by atoms with van der Waals surface area (Å²) in [5, 5.41) is 5.65. The Bertz CT molecular complexity index is 980. The first-order valence-electron chi connectivity index (χ1n) is 8.97. The van der Waals surface area contributed by atoms with Gasteiger partial charge >= 0.3 is 0 Å². The van der Waals surface area contributed by atoms with Crippen molar-refractivity contribution in [3.8, 4) is 11.5 Å². The van der Waals surface area contributed by atoms with E-state index in [9.17, 15) is 9.18 Å². The van der Waals surface area contributed by atoms with Crippen molar-refractivity contribution in [2.75, 3.05) is 25.6 Å². The standard InChI is InChI=1S/C21H21FN4O3/c1-14-12-19(26-21(24-14)25-16-5-3-4-15(22)13-16)20(27)23-10-11-29-18-8-6-17(28-2)7-9-18/h3-9,12-13H,10-11H2,1-2H3,(H,23,27)(H,24,25,26). The van der Waals surface area contributed by atoms with Crippen molar-refractivity contribution >= 4 is 17.5 Å². The Hall–Kier alpha value is -3.68. The summed E-state index contributed by atoms with van der Waals surface area (Å²) in [6.45, 7) is 2.36. The van der Waals surface area contributed by atoms with E-state index in [1.165, 1.54) is 12.1 Å². The molecule has 2 N–H and O–H groups in total. The van der Waals surface area contributed by atoms with Crippen molar-refractivity contribution in [1.29, 1.82) is 0 Å². The number of carbonyl (C=O) groups excluding carboxylic acids is 1. The van der Waals surface area contributed by atoms with E-state index >= 15 is 0 Å². The van der Waals surface area contributed by atoms with Gasteiger partial charge in [0.05, 0.1) is 13.7 Å². The fourth-order valence-electron chi connectivity index (χ4n) is 2.53. The molecule has 0 unspecified atom stereocenters. The molecule has 7 nitrogen and oxygen atoms in total. The summed E-state index contributed by atoms with van der Waals surface area (Å²) in [5.41, 5.74) is 1.31. The number of carbonyl (C=O) groups is 1. The molecule has 0 saturated heterocycles. The van der Waals surface area contributed by atoms with Crippen LogP contribution in [-0.2, 0) is 0 Å². The molecule has 8 heteroatoms. The number of methoxy groups -OCH3 is 1. The van der Waals surface area contributed by atoms with Gasteiger partial charge in [-0.3, -0.25) is 4.79 Å². The van der Waals surface area contributed by atoms with Crippen LogP contribution in [0.1, 0.15) is 16.2 Å². The normalized spacial score (nSPS) is 10.3. The molecule has 0 fully saturated rings. The Morgan fingerprint density at radius 1 is 1.07 bits per heavy atom. The summed E-state index contributed by atoms with van der Waals surface area (Å²) >= 11 is 0. The molecule has 0 aliphatic rings. The number of ether oxygens (including phenoxy) is 2. The summed E-state index contributed by atoms with van der Waals surface area (Å²) in [5.74, 6) is 0.913. The summed E-state index contributed by atoms with van der Waals surface area (Å²) in [4.78, 5) is 20.8. The van der Waals surface area contributed by atoms with Gasteiger partial charge in [-0.2, -0.15) is 0 Å². The monoisotopic (exact) mass is 396 g/mol. The molecule has 1 amide bonds. The number of hydrogen-bond donors (Lipinski definition) is 2. The van der Waals surface area contributed by atoms with Crippen molar-refractivity contribution in [2.45, 2.75) is 6.92 Å². The molecule has 0 radical (unpaired) electrons. The summed E-state index contributed by atoms with van der Waals surface area (Å²) in [7, 11) is 1.60. The third-order valence-corrected chi connectivity index (χ3v) is 3.88. The molecule has 0 atom stereocenters. The highest BCUT2D eigenvalue weighted by Crippen LogP contribution is 2.17. The smallest absolute Gasteiger partial charge is 0.270 e. The number of amides is 1. The van der Waals surface area contributed by atoms with Gasteiger partial charge in [0.1, 0.15) is 29.6 Å². The van der Waals surface area contributed by atoms with E-state index in [1.807, 2.05) is 0 Å². The molecule has 0 aliphatic carbocycles. The van der Waals surface area contributed by atoms with Crippen molar-refractivity contribution < 1.29 is 18.7 Å². The number of nitrogens with one attached hydrogen (secondary N) is 2. The van der Waals surface area contributed by atoms with Crippen molar-refractivity contribution in [3.05, 3.63) is 71.8 Å². The fourth-order valence-corrected chi connectivity index (χ4v) is 2.53. The number of nitrogens with zero attached hydrogens (tertiary/aromatic N) is 2. The largest absolute Gasteiger partial charge is 0.497 e. The molecular weight excluding hydrogens is 375 g/mol.